The van der Waals surface area contributed by atoms with E-state index in [0.717, 1.165) is 95.2 Å². The lowest BCUT2D eigenvalue weighted by Gasteiger charge is -2.09. The molecule has 0 bridgehead atoms. The van der Waals surface area contributed by atoms with Crippen LogP contribution >= 0.6 is 0 Å². The minimum atomic E-state index is 0.552. The van der Waals surface area contributed by atoms with Crippen LogP contribution in [0.1, 0.15) is 42.8 Å². The molecule has 2 heterocycles. The number of aldehydes is 1. The van der Waals surface area contributed by atoms with Crippen LogP contribution in [0.5, 0.6) is 0 Å². The van der Waals surface area contributed by atoms with Gasteiger partial charge in [0.2, 0.25) is 0 Å². The van der Waals surface area contributed by atoms with E-state index in [1.807, 2.05) is 24.3 Å². The number of para-hydroxylation sites is 1. The molecule has 0 spiro atoms. The third-order valence-corrected chi connectivity index (χ3v) is 7.72. The number of benzene rings is 4. The standard InChI is InChI=1S/C37H34N2O2/c1-2-3-5-16-35-37(31-14-8-9-15-34(31)41-35)29-19-17-28(18-20-29)30-21-22-33-32(26-30)38-36(39(33)23-10-11-24-40)25-27-12-6-4-7-13-27/h2,4,6-9,12-15,17-22,24,26H,1,3,5,10-11,16,23,25H2. The van der Waals surface area contributed by atoms with Crippen molar-refractivity contribution in [1.29, 1.82) is 0 Å². The van der Waals surface area contributed by atoms with Crippen molar-refractivity contribution in [3.63, 3.8) is 0 Å². The number of imidazole rings is 1. The van der Waals surface area contributed by atoms with E-state index in [1.54, 1.807) is 0 Å². The molecule has 0 unspecified atom stereocenters. The van der Waals surface area contributed by atoms with Crippen LogP contribution < -0.4 is 0 Å². The Morgan fingerprint density at radius 3 is 2.37 bits per heavy atom. The van der Waals surface area contributed by atoms with Gasteiger partial charge in [0, 0.05) is 36.8 Å². The lowest BCUT2D eigenvalue weighted by molar-refractivity contribution is -0.107. The molecule has 0 radical (unpaired) electrons. The Morgan fingerprint density at radius 1 is 0.805 bits per heavy atom. The first-order valence-electron chi connectivity index (χ1n) is 14.4. The zero-order valence-corrected chi connectivity index (χ0v) is 23.3. The van der Waals surface area contributed by atoms with Crippen molar-refractivity contribution in [1.82, 2.24) is 9.55 Å². The summed E-state index contributed by atoms with van der Waals surface area (Å²) in [6.07, 6.45) is 7.94. The Morgan fingerprint density at radius 2 is 1.56 bits per heavy atom. The van der Waals surface area contributed by atoms with Gasteiger partial charge in [0.05, 0.1) is 11.0 Å². The molecule has 0 N–H and O–H groups in total. The van der Waals surface area contributed by atoms with E-state index < -0.39 is 0 Å². The third-order valence-electron chi connectivity index (χ3n) is 7.72. The molecule has 0 saturated carbocycles. The summed E-state index contributed by atoms with van der Waals surface area (Å²) in [6.45, 7) is 4.64. The molecular weight excluding hydrogens is 504 g/mol. The fourth-order valence-corrected chi connectivity index (χ4v) is 5.68. The van der Waals surface area contributed by atoms with E-state index in [1.165, 1.54) is 11.1 Å². The number of fused-ring (bicyclic) bond motifs is 2. The molecule has 4 aromatic carbocycles. The monoisotopic (exact) mass is 538 g/mol. The van der Waals surface area contributed by atoms with Gasteiger partial charge in [-0.2, -0.15) is 0 Å². The predicted molar refractivity (Wildman–Crippen MR) is 168 cm³/mol. The number of carbonyl (C=O) groups excluding carboxylic acids is 1. The Labute approximate surface area is 241 Å². The van der Waals surface area contributed by atoms with Crippen LogP contribution in [-0.4, -0.2) is 15.8 Å². The summed E-state index contributed by atoms with van der Waals surface area (Å²) in [5, 5.41) is 1.15. The van der Waals surface area contributed by atoms with E-state index >= 15 is 0 Å². The van der Waals surface area contributed by atoms with Crippen molar-refractivity contribution >= 4 is 28.3 Å². The highest BCUT2D eigenvalue weighted by Crippen LogP contribution is 2.37. The second-order valence-electron chi connectivity index (χ2n) is 10.5. The Kier molecular flexibility index (Phi) is 7.90. The van der Waals surface area contributed by atoms with Crippen molar-refractivity contribution in [2.45, 2.75) is 45.1 Å². The van der Waals surface area contributed by atoms with Crippen LogP contribution in [0.15, 0.2) is 114 Å². The Balaban J connectivity index is 1.33. The van der Waals surface area contributed by atoms with E-state index in [0.29, 0.717) is 6.42 Å². The fourth-order valence-electron chi connectivity index (χ4n) is 5.68. The minimum absolute atomic E-state index is 0.552. The summed E-state index contributed by atoms with van der Waals surface area (Å²) >= 11 is 0. The molecule has 41 heavy (non-hydrogen) atoms. The minimum Gasteiger partial charge on any atom is -0.460 e. The topological polar surface area (TPSA) is 48.0 Å². The molecule has 0 saturated heterocycles. The second kappa shape index (κ2) is 12.2. The maximum Gasteiger partial charge on any atom is 0.134 e. The molecule has 0 fully saturated rings. The Bertz CT molecular complexity index is 1790. The van der Waals surface area contributed by atoms with E-state index in [2.05, 4.69) is 90.0 Å². The summed E-state index contributed by atoms with van der Waals surface area (Å²) in [6, 6.07) is 34.0. The van der Waals surface area contributed by atoms with Crippen LogP contribution in [0.2, 0.25) is 0 Å². The normalized spacial score (nSPS) is 11.3. The molecule has 2 aromatic heterocycles. The molecule has 4 nitrogen and oxygen atoms in total. The van der Waals surface area contributed by atoms with Gasteiger partial charge in [0.1, 0.15) is 23.5 Å². The SMILES string of the molecule is C=CCCCc1oc2ccccc2c1-c1ccc(-c2ccc3c(c2)nc(Cc2ccccc2)n3CCCC=O)cc1. The summed E-state index contributed by atoms with van der Waals surface area (Å²) in [4.78, 5) is 16.0. The van der Waals surface area contributed by atoms with Gasteiger partial charge in [0.15, 0.2) is 0 Å². The number of carbonyl (C=O) groups is 1. The van der Waals surface area contributed by atoms with Gasteiger partial charge >= 0.3 is 0 Å². The first-order chi connectivity index (χ1) is 20.2. The van der Waals surface area contributed by atoms with Crippen LogP contribution in [0.4, 0.5) is 0 Å². The first kappa shape index (κ1) is 26.5. The number of hydrogen-bond acceptors (Lipinski definition) is 3. The molecule has 0 atom stereocenters. The van der Waals surface area contributed by atoms with Gasteiger partial charge in [-0.05, 0) is 59.7 Å². The highest BCUT2D eigenvalue weighted by Gasteiger charge is 2.16. The van der Waals surface area contributed by atoms with Crippen molar-refractivity contribution < 1.29 is 9.21 Å². The van der Waals surface area contributed by atoms with Gasteiger partial charge < -0.3 is 13.8 Å². The van der Waals surface area contributed by atoms with Gasteiger partial charge in [-0.3, -0.25) is 0 Å². The van der Waals surface area contributed by atoms with Crippen molar-refractivity contribution in [2.24, 2.45) is 0 Å². The smallest absolute Gasteiger partial charge is 0.134 e. The molecular formula is C37H34N2O2. The second-order valence-corrected chi connectivity index (χ2v) is 10.5. The summed E-state index contributed by atoms with van der Waals surface area (Å²) in [7, 11) is 0. The summed E-state index contributed by atoms with van der Waals surface area (Å²) in [5.41, 5.74) is 8.88. The molecule has 0 aliphatic carbocycles. The highest BCUT2D eigenvalue weighted by atomic mass is 16.3. The van der Waals surface area contributed by atoms with Gasteiger partial charge in [0.25, 0.3) is 0 Å². The number of unbranched alkanes of at least 4 members (excludes halogenated alkanes) is 2. The lowest BCUT2D eigenvalue weighted by Crippen LogP contribution is -2.05. The van der Waals surface area contributed by atoms with Crippen molar-refractivity contribution in [3.05, 3.63) is 127 Å². The number of furan rings is 1. The van der Waals surface area contributed by atoms with E-state index in [-0.39, 0.29) is 0 Å². The average molecular weight is 539 g/mol. The van der Waals surface area contributed by atoms with Gasteiger partial charge in [-0.15, -0.1) is 6.58 Å². The zero-order chi connectivity index (χ0) is 28.0. The molecule has 0 amide bonds. The van der Waals surface area contributed by atoms with Gasteiger partial charge in [-0.1, -0.05) is 84.9 Å². The number of rotatable bonds is 12. The van der Waals surface area contributed by atoms with Crippen molar-refractivity contribution in [2.75, 3.05) is 0 Å². The summed E-state index contributed by atoms with van der Waals surface area (Å²) < 4.78 is 8.56. The number of hydrogen-bond donors (Lipinski definition) is 0. The molecule has 6 rings (SSSR count). The highest BCUT2D eigenvalue weighted by molar-refractivity contribution is 5.96. The Hall–Kier alpha value is -4.70. The van der Waals surface area contributed by atoms with Gasteiger partial charge in [-0.25, -0.2) is 4.98 Å². The number of allylic oxidation sites excluding steroid dienone is 1. The average Bonchev–Trinajstić information content (AvgIpc) is 3.55. The number of aryl methyl sites for hydroxylation is 2. The fraction of sp³-hybridized carbons (Fsp3) is 0.189. The summed E-state index contributed by atoms with van der Waals surface area (Å²) in [5.74, 6) is 2.06. The first-order valence-corrected chi connectivity index (χ1v) is 14.4. The van der Waals surface area contributed by atoms with E-state index in [9.17, 15) is 4.79 Å². The quantitative estimate of drug-likeness (QED) is 0.0886. The molecule has 6 aromatic rings. The molecule has 0 aliphatic heterocycles. The third kappa shape index (κ3) is 5.64. The predicted octanol–water partition coefficient (Wildman–Crippen LogP) is 9.20. The maximum absolute atomic E-state index is 11.0. The molecule has 0 aliphatic rings. The van der Waals surface area contributed by atoms with Crippen LogP contribution in [0, 0.1) is 0 Å². The van der Waals surface area contributed by atoms with E-state index in [4.69, 9.17) is 9.40 Å². The van der Waals surface area contributed by atoms with Crippen LogP contribution in [0.25, 0.3) is 44.3 Å². The van der Waals surface area contributed by atoms with Crippen LogP contribution in [-0.2, 0) is 24.2 Å². The van der Waals surface area contributed by atoms with Crippen LogP contribution in [0.3, 0.4) is 0 Å². The molecule has 204 valence electrons. The number of aromatic nitrogens is 2. The maximum atomic E-state index is 11.0. The lowest BCUT2D eigenvalue weighted by atomic mass is 9.97. The zero-order valence-electron chi connectivity index (χ0n) is 23.3. The molecule has 4 heteroatoms. The largest absolute Gasteiger partial charge is 0.460 e. The number of nitrogens with zero attached hydrogens (tertiary/aromatic N) is 2. The van der Waals surface area contributed by atoms with Crippen molar-refractivity contribution in [3.8, 4) is 22.3 Å².